The highest BCUT2D eigenvalue weighted by Crippen LogP contribution is 2.47. The largest absolute Gasteiger partial charge is 0.345 e. The van der Waals surface area contributed by atoms with Crippen molar-refractivity contribution < 1.29 is 18.9 Å². The minimum absolute atomic E-state index is 0.142. The summed E-state index contributed by atoms with van der Waals surface area (Å²) in [7, 11) is -3.50. The Labute approximate surface area is 167 Å². The first-order valence-electron chi connectivity index (χ1n) is 7.70. The van der Waals surface area contributed by atoms with Crippen molar-refractivity contribution >= 4 is 53.2 Å². The van der Waals surface area contributed by atoms with E-state index in [9.17, 15) is 9.46 Å². The summed E-state index contributed by atoms with van der Waals surface area (Å²) in [4.78, 5) is 10.1. The van der Waals surface area contributed by atoms with Gasteiger partial charge in [-0.2, -0.15) is 0 Å². The van der Waals surface area contributed by atoms with Crippen LogP contribution in [0.3, 0.4) is 0 Å². The summed E-state index contributed by atoms with van der Waals surface area (Å²) in [6.45, 7) is 5.43. The first-order chi connectivity index (χ1) is 11.3. The van der Waals surface area contributed by atoms with Gasteiger partial charge in [0.1, 0.15) is 0 Å². The van der Waals surface area contributed by atoms with Gasteiger partial charge in [0.05, 0.1) is 10.0 Å². The number of hydrogen-bond acceptors (Lipinski definition) is 4. The summed E-state index contributed by atoms with van der Waals surface area (Å²) >= 11 is 14.2. The summed E-state index contributed by atoms with van der Waals surface area (Å²) in [5.41, 5.74) is 1.04. The summed E-state index contributed by atoms with van der Waals surface area (Å²) < 4.78 is 23.8. The zero-order valence-electron chi connectivity index (χ0n) is 13.7. The topological polar surface area (TPSA) is 67.8 Å². The maximum Gasteiger partial charge on any atom is 0.255 e. The average Bonchev–Trinajstić information content (AvgIpc) is 2.51. The molecule has 24 heavy (non-hydrogen) atoms. The van der Waals surface area contributed by atoms with Crippen LogP contribution in [0.2, 0.25) is 10.0 Å². The molecule has 0 spiro atoms. The van der Waals surface area contributed by atoms with Crippen LogP contribution in [0, 0.1) is 3.57 Å². The summed E-state index contributed by atoms with van der Waals surface area (Å²) in [5.74, 6) is 0. The second kappa shape index (κ2) is 11.3. The Morgan fingerprint density at radius 1 is 1.25 bits per heavy atom. The number of rotatable bonds is 11. The molecule has 2 N–H and O–H groups in total. The van der Waals surface area contributed by atoms with Crippen LogP contribution in [-0.2, 0) is 20.6 Å². The van der Waals surface area contributed by atoms with E-state index in [4.69, 9.17) is 32.7 Å². The maximum absolute atomic E-state index is 12.3. The average molecular weight is 510 g/mol. The zero-order valence-corrected chi connectivity index (χ0v) is 18.3. The smallest absolute Gasteiger partial charge is 0.255 e. The number of nitrogens with one attached hydrogen (secondary N) is 1. The lowest BCUT2D eigenvalue weighted by atomic mass is 10.2. The molecule has 1 unspecified atom stereocenters. The van der Waals surface area contributed by atoms with Crippen LogP contribution in [0.25, 0.3) is 0 Å². The molecule has 0 aliphatic rings. The second-order valence-corrected chi connectivity index (χ2v) is 9.44. The molecule has 5 nitrogen and oxygen atoms in total. The minimum Gasteiger partial charge on any atom is -0.345 e. The fourth-order valence-corrected chi connectivity index (χ4v) is 4.80. The maximum atomic E-state index is 12.3. The second-order valence-electron chi connectivity index (χ2n) is 5.09. The van der Waals surface area contributed by atoms with E-state index >= 15 is 0 Å². The van der Waals surface area contributed by atoms with Crippen LogP contribution in [-0.4, -0.2) is 36.8 Å². The van der Waals surface area contributed by atoms with Gasteiger partial charge < -0.3 is 19.7 Å². The SMILES string of the molecule is CCOC(OCC)P(=O)(O)CCCNCc1cc(Cl)c(Cl)cc1I. The summed E-state index contributed by atoms with van der Waals surface area (Å²) in [6.07, 6.45) is 0.686. The Balaban J connectivity index is 2.42. The summed E-state index contributed by atoms with van der Waals surface area (Å²) in [6, 6.07) is 2.61. The predicted octanol–water partition coefficient (Wildman–Crippen LogP) is 4.70. The van der Waals surface area contributed by atoms with Gasteiger partial charge in [-0.15, -0.1) is 0 Å². The van der Waals surface area contributed by atoms with Crippen molar-refractivity contribution in [3.8, 4) is 0 Å². The van der Waals surface area contributed by atoms with Crippen molar-refractivity contribution in [1.82, 2.24) is 5.32 Å². The molecule has 1 aromatic carbocycles. The van der Waals surface area contributed by atoms with Gasteiger partial charge >= 0.3 is 0 Å². The van der Waals surface area contributed by atoms with Crippen molar-refractivity contribution in [2.75, 3.05) is 25.9 Å². The fourth-order valence-electron chi connectivity index (χ4n) is 2.02. The first-order valence-corrected chi connectivity index (χ1v) is 11.5. The van der Waals surface area contributed by atoms with Crippen molar-refractivity contribution in [1.29, 1.82) is 0 Å². The third kappa shape index (κ3) is 7.46. The van der Waals surface area contributed by atoms with Gasteiger partial charge in [-0.25, -0.2) is 0 Å². The Bertz CT molecular complexity index is 571. The van der Waals surface area contributed by atoms with E-state index in [-0.39, 0.29) is 6.16 Å². The molecule has 138 valence electrons. The number of halogens is 3. The van der Waals surface area contributed by atoms with E-state index in [1.807, 2.05) is 12.1 Å². The van der Waals surface area contributed by atoms with Gasteiger partial charge in [0.15, 0.2) is 0 Å². The molecule has 0 aliphatic carbocycles. The lowest BCUT2D eigenvalue weighted by molar-refractivity contribution is -0.0871. The number of hydrogen-bond donors (Lipinski definition) is 2. The molecule has 0 saturated heterocycles. The minimum atomic E-state index is -3.50. The quantitative estimate of drug-likeness (QED) is 0.149. The standard InChI is InChI=1S/C15H23Cl2INO4P/c1-3-22-15(23-4-2)24(20,21)7-5-6-19-10-11-8-12(16)13(17)9-14(11)18/h8-9,15,19H,3-7,10H2,1-2H3,(H,20,21). The van der Waals surface area contributed by atoms with E-state index in [2.05, 4.69) is 27.9 Å². The molecular formula is C15H23Cl2INO4P. The van der Waals surface area contributed by atoms with Gasteiger partial charge in [-0.3, -0.25) is 4.57 Å². The van der Waals surface area contributed by atoms with Crippen molar-refractivity contribution in [3.63, 3.8) is 0 Å². The highest BCUT2D eigenvalue weighted by atomic mass is 127. The molecule has 1 rings (SSSR count). The van der Waals surface area contributed by atoms with Crippen LogP contribution in [0.5, 0.6) is 0 Å². The first kappa shape index (κ1) is 22.6. The summed E-state index contributed by atoms with van der Waals surface area (Å²) in [5, 5.41) is 4.29. The molecule has 0 aliphatic heterocycles. The Hall–Kier alpha value is 0.600. The lowest BCUT2D eigenvalue weighted by Crippen LogP contribution is -2.21. The third-order valence-electron chi connectivity index (χ3n) is 3.18. The van der Waals surface area contributed by atoms with Gasteiger partial charge in [-0.05, 0) is 67.1 Å². The van der Waals surface area contributed by atoms with Crippen molar-refractivity contribution in [2.24, 2.45) is 0 Å². The van der Waals surface area contributed by atoms with Gasteiger partial charge in [0.25, 0.3) is 7.37 Å². The van der Waals surface area contributed by atoms with Crippen molar-refractivity contribution in [3.05, 3.63) is 31.3 Å². The third-order valence-corrected chi connectivity index (χ3v) is 6.83. The number of benzene rings is 1. The lowest BCUT2D eigenvalue weighted by Gasteiger charge is -2.22. The predicted molar refractivity (Wildman–Crippen MR) is 107 cm³/mol. The molecule has 0 heterocycles. The normalized spacial score (nSPS) is 14.1. The fraction of sp³-hybridized carbons (Fsp3) is 0.600. The van der Waals surface area contributed by atoms with Gasteiger partial charge in [-0.1, -0.05) is 23.2 Å². The van der Waals surface area contributed by atoms with E-state index < -0.39 is 13.4 Å². The molecule has 0 radical (unpaired) electrons. The van der Waals surface area contributed by atoms with Crippen LogP contribution >= 0.6 is 53.2 Å². The van der Waals surface area contributed by atoms with Crippen molar-refractivity contribution in [2.45, 2.75) is 32.8 Å². The van der Waals surface area contributed by atoms with Gasteiger partial charge in [0.2, 0.25) is 6.03 Å². The molecular weight excluding hydrogens is 487 g/mol. The molecule has 0 saturated carbocycles. The Morgan fingerprint density at radius 3 is 2.42 bits per heavy atom. The number of ether oxygens (including phenoxy) is 2. The molecule has 0 bridgehead atoms. The van der Waals surface area contributed by atoms with Crippen LogP contribution in [0.4, 0.5) is 0 Å². The van der Waals surface area contributed by atoms with Crippen LogP contribution in [0.1, 0.15) is 25.8 Å². The molecule has 1 aromatic rings. The molecule has 0 amide bonds. The highest BCUT2D eigenvalue weighted by molar-refractivity contribution is 14.1. The van der Waals surface area contributed by atoms with E-state index in [1.165, 1.54) is 0 Å². The monoisotopic (exact) mass is 509 g/mol. The van der Waals surface area contributed by atoms with Gasteiger partial charge in [0, 0.05) is 29.5 Å². The van der Waals surface area contributed by atoms with E-state index in [0.29, 0.717) is 42.8 Å². The zero-order chi connectivity index (χ0) is 18.2. The Kier molecular flexibility index (Phi) is 10.7. The van der Waals surface area contributed by atoms with Crippen LogP contribution in [0.15, 0.2) is 12.1 Å². The van der Waals surface area contributed by atoms with E-state index in [1.54, 1.807) is 13.8 Å². The molecule has 0 fully saturated rings. The highest BCUT2D eigenvalue weighted by Gasteiger charge is 2.31. The van der Waals surface area contributed by atoms with Crippen LogP contribution < -0.4 is 5.32 Å². The van der Waals surface area contributed by atoms with E-state index in [0.717, 1.165) is 9.13 Å². The Morgan fingerprint density at radius 2 is 1.83 bits per heavy atom. The molecule has 9 heteroatoms. The molecule has 1 atom stereocenters. The molecule has 0 aromatic heterocycles.